The molecule has 40 heavy (non-hydrogen) atoms. The fraction of sp³-hybridized carbons (Fsp3) is 0.125. The number of carbonyl (C=O) groups is 4. The summed E-state index contributed by atoms with van der Waals surface area (Å²) in [5, 5.41) is 39.3. The highest BCUT2D eigenvalue weighted by Gasteiger charge is 2.50. The fourth-order valence-electron chi connectivity index (χ4n) is 7.15. The van der Waals surface area contributed by atoms with E-state index in [1.807, 2.05) is 0 Å². The lowest BCUT2D eigenvalue weighted by molar-refractivity contribution is 0.0685. The smallest absolute Gasteiger partial charge is 0.335 e. The summed E-state index contributed by atoms with van der Waals surface area (Å²) in [4.78, 5) is 48.0. The molecule has 0 heterocycles. The number of carboxylic acid groups (broad SMARTS) is 4. The summed E-state index contributed by atoms with van der Waals surface area (Å²) in [6.45, 7) is 0. The molecule has 6 aliphatic carbocycles. The van der Waals surface area contributed by atoms with Crippen LogP contribution in [-0.2, 0) is 0 Å². The summed E-state index contributed by atoms with van der Waals surface area (Å²) in [5.74, 6) is -6.19. The molecule has 4 unspecified atom stereocenters. The highest BCUT2D eigenvalue weighted by atomic mass is 16.4. The summed E-state index contributed by atoms with van der Waals surface area (Å²) < 4.78 is 0. The minimum atomic E-state index is -1.08. The molecule has 0 spiro atoms. The summed E-state index contributed by atoms with van der Waals surface area (Å²) in [6.07, 6.45) is 0. The Hall–Kier alpha value is -5.24. The summed E-state index contributed by atoms with van der Waals surface area (Å²) in [5.41, 5.74) is 7.00. The van der Waals surface area contributed by atoms with Gasteiger partial charge in [0.05, 0.1) is 22.3 Å². The Kier molecular flexibility index (Phi) is 4.85. The van der Waals surface area contributed by atoms with Gasteiger partial charge in [0.25, 0.3) is 0 Å². The normalized spacial score (nSPS) is 20.8. The summed E-state index contributed by atoms with van der Waals surface area (Å²) in [7, 11) is 0. The quantitative estimate of drug-likeness (QED) is 0.275. The molecule has 8 nitrogen and oxygen atoms in total. The Bertz CT molecular complexity index is 1580. The van der Waals surface area contributed by atoms with E-state index >= 15 is 0 Å². The van der Waals surface area contributed by atoms with Gasteiger partial charge < -0.3 is 20.4 Å². The topological polar surface area (TPSA) is 149 Å². The van der Waals surface area contributed by atoms with Crippen molar-refractivity contribution in [3.05, 3.63) is 140 Å². The van der Waals surface area contributed by atoms with Gasteiger partial charge in [-0.1, -0.05) is 24.3 Å². The van der Waals surface area contributed by atoms with Gasteiger partial charge in [-0.25, -0.2) is 19.2 Å². The van der Waals surface area contributed by atoms with Crippen LogP contribution in [0.3, 0.4) is 0 Å². The first-order valence-electron chi connectivity index (χ1n) is 12.6. The van der Waals surface area contributed by atoms with Gasteiger partial charge in [-0.3, -0.25) is 0 Å². The standard InChI is InChI=1S/C32H20O8/c33-29(34)13-1-5-17-21(9-13)26-18-6-2-14(30(35)36)10-22(18)25(17)27-19-7-3-16(32(39)40)12-24(19)28(26)20-8-4-15(31(37)38)11-23(20)27/h1-12,25-28H,(H,33,34)(H,35,36)(H,37,38)(H,39,40). The highest BCUT2D eigenvalue weighted by Crippen LogP contribution is 2.64. The van der Waals surface area contributed by atoms with E-state index in [2.05, 4.69) is 0 Å². The van der Waals surface area contributed by atoms with E-state index < -0.39 is 47.5 Å². The molecule has 0 fully saturated rings. The molecule has 8 heteroatoms. The zero-order chi connectivity index (χ0) is 28.0. The zero-order valence-electron chi connectivity index (χ0n) is 20.7. The first-order chi connectivity index (χ1) is 19.2. The van der Waals surface area contributed by atoms with Gasteiger partial charge in [0.1, 0.15) is 0 Å². The molecule has 4 atom stereocenters. The molecule has 0 aliphatic heterocycles. The molecule has 0 aromatic heterocycles. The third-order valence-electron chi connectivity index (χ3n) is 8.68. The van der Waals surface area contributed by atoms with Crippen molar-refractivity contribution < 1.29 is 39.6 Å². The largest absolute Gasteiger partial charge is 0.478 e. The number of benzene rings is 4. The van der Waals surface area contributed by atoms with Gasteiger partial charge in [0.15, 0.2) is 0 Å². The second-order valence-electron chi connectivity index (χ2n) is 10.5. The molecule has 0 saturated heterocycles. The van der Waals surface area contributed by atoms with E-state index in [1.54, 1.807) is 48.5 Å². The van der Waals surface area contributed by atoms with Crippen LogP contribution < -0.4 is 0 Å². The van der Waals surface area contributed by atoms with Crippen molar-refractivity contribution in [3.63, 3.8) is 0 Å². The van der Waals surface area contributed by atoms with E-state index in [-0.39, 0.29) is 22.3 Å². The van der Waals surface area contributed by atoms with Crippen molar-refractivity contribution in [2.75, 3.05) is 0 Å². The van der Waals surface area contributed by atoms with Gasteiger partial charge in [0, 0.05) is 23.7 Å². The lowest BCUT2D eigenvalue weighted by Crippen LogP contribution is -2.36. The van der Waals surface area contributed by atoms with Crippen LogP contribution in [0.2, 0.25) is 0 Å². The number of carboxylic acids is 4. The third-order valence-corrected chi connectivity index (χ3v) is 8.68. The first kappa shape index (κ1) is 23.8. The lowest BCUT2D eigenvalue weighted by Gasteiger charge is -2.50. The second kappa shape index (κ2) is 8.13. The molecule has 4 N–H and O–H groups in total. The molecule has 0 saturated carbocycles. The maximum atomic E-state index is 12.0. The predicted molar refractivity (Wildman–Crippen MR) is 141 cm³/mol. The number of hydrogen-bond donors (Lipinski definition) is 4. The van der Waals surface area contributed by atoms with Crippen molar-refractivity contribution in [2.24, 2.45) is 0 Å². The first-order valence-corrected chi connectivity index (χ1v) is 12.6. The average molecular weight is 533 g/mol. The Morgan fingerprint density at radius 1 is 0.350 bits per heavy atom. The lowest BCUT2D eigenvalue weighted by atomic mass is 9.52. The van der Waals surface area contributed by atoms with Crippen LogP contribution in [0.5, 0.6) is 0 Å². The maximum Gasteiger partial charge on any atom is 0.335 e. The maximum absolute atomic E-state index is 12.0. The molecule has 196 valence electrons. The Morgan fingerprint density at radius 3 is 0.725 bits per heavy atom. The van der Waals surface area contributed by atoms with Crippen molar-refractivity contribution in [1.29, 1.82) is 0 Å². The molecular formula is C32H20O8. The van der Waals surface area contributed by atoms with Gasteiger partial charge >= 0.3 is 23.9 Å². The Balaban J connectivity index is 1.63. The van der Waals surface area contributed by atoms with Crippen molar-refractivity contribution in [3.8, 4) is 0 Å². The fourth-order valence-corrected chi connectivity index (χ4v) is 7.15. The van der Waals surface area contributed by atoms with Crippen LogP contribution in [0, 0.1) is 0 Å². The molecule has 6 aliphatic rings. The predicted octanol–water partition coefficient (Wildman–Crippen LogP) is 5.35. The third kappa shape index (κ3) is 3.13. The summed E-state index contributed by atoms with van der Waals surface area (Å²) >= 11 is 0. The van der Waals surface area contributed by atoms with E-state index in [9.17, 15) is 39.6 Å². The number of rotatable bonds is 4. The number of aromatic carboxylic acids is 4. The number of hydrogen-bond acceptors (Lipinski definition) is 4. The second-order valence-corrected chi connectivity index (χ2v) is 10.5. The van der Waals surface area contributed by atoms with E-state index in [0.717, 1.165) is 44.5 Å². The van der Waals surface area contributed by atoms with Gasteiger partial charge in [-0.05, 0) is 93.0 Å². The van der Waals surface area contributed by atoms with Crippen LogP contribution in [0.1, 0.15) is 110 Å². The highest BCUT2D eigenvalue weighted by molar-refractivity contribution is 5.91. The van der Waals surface area contributed by atoms with Crippen LogP contribution in [0.4, 0.5) is 0 Å². The van der Waals surface area contributed by atoms with E-state index in [0.29, 0.717) is 0 Å². The SMILES string of the molecule is O=C(O)c1ccc2c(c1)C1c3ccc(C(=O)O)cc3C2C2c3ccc(C(=O)O)cc3C1c1ccc(C(=O)O)cc12. The van der Waals surface area contributed by atoms with Crippen LogP contribution in [0.15, 0.2) is 72.8 Å². The van der Waals surface area contributed by atoms with Crippen LogP contribution in [0.25, 0.3) is 0 Å². The van der Waals surface area contributed by atoms with Crippen LogP contribution >= 0.6 is 0 Å². The van der Waals surface area contributed by atoms with Gasteiger partial charge in [-0.15, -0.1) is 0 Å². The molecule has 0 radical (unpaired) electrons. The Morgan fingerprint density at radius 2 is 0.550 bits per heavy atom. The van der Waals surface area contributed by atoms with Crippen LogP contribution in [-0.4, -0.2) is 44.3 Å². The minimum absolute atomic E-state index is 0.116. The van der Waals surface area contributed by atoms with Crippen molar-refractivity contribution >= 4 is 23.9 Å². The molecule has 4 aromatic carbocycles. The van der Waals surface area contributed by atoms with Gasteiger partial charge in [-0.2, -0.15) is 0 Å². The monoisotopic (exact) mass is 532 g/mol. The zero-order valence-corrected chi connectivity index (χ0v) is 20.7. The molecule has 4 bridgehead atoms. The molecule has 4 aromatic rings. The van der Waals surface area contributed by atoms with Crippen molar-refractivity contribution in [2.45, 2.75) is 23.7 Å². The molecule has 10 rings (SSSR count). The molecule has 0 amide bonds. The van der Waals surface area contributed by atoms with E-state index in [1.165, 1.54) is 24.3 Å². The molecular weight excluding hydrogens is 512 g/mol. The Labute approximate surface area is 226 Å². The summed E-state index contributed by atoms with van der Waals surface area (Å²) in [6, 6.07) is 19.9. The van der Waals surface area contributed by atoms with E-state index in [4.69, 9.17) is 0 Å². The minimum Gasteiger partial charge on any atom is -0.478 e. The average Bonchev–Trinajstić information content (AvgIpc) is 2.92. The van der Waals surface area contributed by atoms with Crippen molar-refractivity contribution in [1.82, 2.24) is 0 Å². The van der Waals surface area contributed by atoms with Gasteiger partial charge in [0.2, 0.25) is 0 Å².